The third kappa shape index (κ3) is 3.63. The predicted octanol–water partition coefficient (Wildman–Crippen LogP) is 3.35. The van der Waals surface area contributed by atoms with Gasteiger partial charge in [-0.2, -0.15) is 0 Å². The lowest BCUT2D eigenvalue weighted by molar-refractivity contribution is -0.116. The van der Waals surface area contributed by atoms with E-state index < -0.39 is 5.38 Å². The van der Waals surface area contributed by atoms with Gasteiger partial charge in [-0.1, -0.05) is 13.0 Å². The van der Waals surface area contributed by atoms with Crippen molar-refractivity contribution in [3.63, 3.8) is 0 Å². The van der Waals surface area contributed by atoms with Crippen molar-refractivity contribution < 1.29 is 14.3 Å². The molecule has 0 aromatic heterocycles. The second-order valence-electron chi connectivity index (χ2n) is 3.73. The van der Waals surface area contributed by atoms with E-state index in [9.17, 15) is 4.79 Å². The Morgan fingerprint density at radius 1 is 1.41 bits per heavy atom. The summed E-state index contributed by atoms with van der Waals surface area (Å²) in [5.74, 6) is 1.19. The highest BCUT2D eigenvalue weighted by Gasteiger charge is 2.15. The molecule has 1 aromatic carbocycles. The molecule has 0 saturated carbocycles. The number of alkyl halides is 1. The number of halogens is 1. The van der Waals surface area contributed by atoms with E-state index in [1.165, 1.54) is 6.92 Å². The second kappa shape index (κ2) is 6.50. The standard InChI is InChI=1S/C13H17ClO3/c1-4-7-17-12-8-10(13(14)9(2)15)5-6-11(12)16-3/h5-6,8,13H,4,7H2,1-3H3. The number of carbonyl (C=O) groups excluding carboxylic acids is 1. The molecule has 0 heterocycles. The first-order valence-electron chi connectivity index (χ1n) is 5.55. The van der Waals surface area contributed by atoms with Gasteiger partial charge in [0.2, 0.25) is 0 Å². The third-order valence-corrected chi connectivity index (χ3v) is 2.86. The molecule has 0 aliphatic carbocycles. The monoisotopic (exact) mass is 256 g/mol. The molecule has 0 N–H and O–H groups in total. The molecule has 0 bridgehead atoms. The van der Waals surface area contributed by atoms with Gasteiger partial charge in [0, 0.05) is 0 Å². The maximum absolute atomic E-state index is 11.2. The molecule has 1 unspecified atom stereocenters. The molecular weight excluding hydrogens is 240 g/mol. The highest BCUT2D eigenvalue weighted by atomic mass is 35.5. The predicted molar refractivity (Wildman–Crippen MR) is 68.1 cm³/mol. The lowest BCUT2D eigenvalue weighted by atomic mass is 10.1. The molecule has 0 radical (unpaired) electrons. The van der Waals surface area contributed by atoms with Gasteiger partial charge < -0.3 is 9.47 Å². The highest BCUT2D eigenvalue weighted by Crippen LogP contribution is 2.32. The van der Waals surface area contributed by atoms with Crippen molar-refractivity contribution in [2.75, 3.05) is 13.7 Å². The van der Waals surface area contributed by atoms with Gasteiger partial charge in [-0.05, 0) is 31.0 Å². The van der Waals surface area contributed by atoms with E-state index in [1.807, 2.05) is 6.92 Å². The Morgan fingerprint density at radius 2 is 2.12 bits per heavy atom. The molecule has 0 amide bonds. The van der Waals surface area contributed by atoms with Crippen LogP contribution in [0.5, 0.6) is 11.5 Å². The summed E-state index contributed by atoms with van der Waals surface area (Å²) in [6.45, 7) is 4.09. The molecular formula is C13H17ClO3. The molecule has 94 valence electrons. The van der Waals surface area contributed by atoms with E-state index in [1.54, 1.807) is 25.3 Å². The van der Waals surface area contributed by atoms with Crippen molar-refractivity contribution in [2.45, 2.75) is 25.6 Å². The largest absolute Gasteiger partial charge is 0.493 e. The maximum atomic E-state index is 11.2. The van der Waals surface area contributed by atoms with Crippen LogP contribution in [0.4, 0.5) is 0 Å². The van der Waals surface area contributed by atoms with Gasteiger partial charge in [0.05, 0.1) is 13.7 Å². The summed E-state index contributed by atoms with van der Waals surface area (Å²) < 4.78 is 10.7. The van der Waals surface area contributed by atoms with Crippen LogP contribution in [-0.2, 0) is 4.79 Å². The van der Waals surface area contributed by atoms with E-state index in [-0.39, 0.29) is 5.78 Å². The average molecular weight is 257 g/mol. The smallest absolute Gasteiger partial charge is 0.161 e. The summed E-state index contributed by atoms with van der Waals surface area (Å²) >= 11 is 6.00. The van der Waals surface area contributed by atoms with E-state index in [0.29, 0.717) is 18.1 Å². The van der Waals surface area contributed by atoms with Crippen molar-refractivity contribution in [2.24, 2.45) is 0 Å². The zero-order valence-corrected chi connectivity index (χ0v) is 11.1. The normalized spacial score (nSPS) is 12.0. The summed E-state index contributed by atoms with van der Waals surface area (Å²) in [5.41, 5.74) is 0.728. The van der Waals surface area contributed by atoms with Crippen molar-refractivity contribution in [3.05, 3.63) is 23.8 Å². The summed E-state index contributed by atoms with van der Waals surface area (Å²) in [6.07, 6.45) is 0.907. The van der Waals surface area contributed by atoms with E-state index in [4.69, 9.17) is 21.1 Å². The molecule has 0 aliphatic heterocycles. The number of carbonyl (C=O) groups is 1. The third-order valence-electron chi connectivity index (χ3n) is 2.30. The Labute approximate surface area is 107 Å². The topological polar surface area (TPSA) is 35.5 Å². The van der Waals surface area contributed by atoms with Gasteiger partial charge in [-0.3, -0.25) is 4.79 Å². The first-order valence-corrected chi connectivity index (χ1v) is 5.99. The molecule has 0 spiro atoms. The number of benzene rings is 1. The van der Waals surface area contributed by atoms with Crippen LogP contribution in [0.1, 0.15) is 31.2 Å². The minimum Gasteiger partial charge on any atom is -0.493 e. The van der Waals surface area contributed by atoms with Gasteiger partial charge in [-0.25, -0.2) is 0 Å². The SMILES string of the molecule is CCCOc1cc(C(Cl)C(C)=O)ccc1OC. The number of ketones is 1. The van der Waals surface area contributed by atoms with Crippen molar-refractivity contribution in [1.29, 1.82) is 0 Å². The van der Waals surface area contributed by atoms with Crippen molar-refractivity contribution in [1.82, 2.24) is 0 Å². The van der Waals surface area contributed by atoms with Crippen LogP contribution >= 0.6 is 11.6 Å². The maximum Gasteiger partial charge on any atom is 0.161 e. The fourth-order valence-corrected chi connectivity index (χ4v) is 1.55. The number of methoxy groups -OCH3 is 1. The first-order chi connectivity index (χ1) is 8.10. The Bertz CT molecular complexity index is 390. The minimum atomic E-state index is -0.634. The van der Waals surface area contributed by atoms with Crippen LogP contribution in [0.15, 0.2) is 18.2 Å². The molecule has 0 fully saturated rings. The van der Waals surface area contributed by atoms with Gasteiger partial charge in [0.1, 0.15) is 5.38 Å². The molecule has 0 aliphatic rings. The van der Waals surface area contributed by atoms with Gasteiger partial charge in [-0.15, -0.1) is 11.6 Å². The van der Waals surface area contributed by atoms with Crippen molar-refractivity contribution >= 4 is 17.4 Å². The van der Waals surface area contributed by atoms with Crippen LogP contribution in [0.2, 0.25) is 0 Å². The molecule has 3 nitrogen and oxygen atoms in total. The average Bonchev–Trinajstić information content (AvgIpc) is 2.34. The summed E-state index contributed by atoms with van der Waals surface area (Å²) in [6, 6.07) is 5.29. The number of ether oxygens (including phenoxy) is 2. The zero-order chi connectivity index (χ0) is 12.8. The van der Waals surface area contributed by atoms with Crippen LogP contribution < -0.4 is 9.47 Å². The van der Waals surface area contributed by atoms with E-state index in [0.717, 1.165) is 12.0 Å². The second-order valence-corrected chi connectivity index (χ2v) is 4.17. The summed E-state index contributed by atoms with van der Waals surface area (Å²) in [4.78, 5) is 11.2. The zero-order valence-electron chi connectivity index (χ0n) is 10.3. The first kappa shape index (κ1) is 13.8. The van der Waals surface area contributed by atoms with Gasteiger partial charge >= 0.3 is 0 Å². The molecule has 0 saturated heterocycles. The van der Waals surface area contributed by atoms with E-state index >= 15 is 0 Å². The van der Waals surface area contributed by atoms with Crippen LogP contribution in [0.3, 0.4) is 0 Å². The quantitative estimate of drug-likeness (QED) is 0.732. The molecule has 1 atom stereocenters. The molecule has 4 heteroatoms. The Kier molecular flexibility index (Phi) is 5.29. The lowest BCUT2D eigenvalue weighted by Crippen LogP contribution is -2.03. The van der Waals surface area contributed by atoms with Crippen LogP contribution in [-0.4, -0.2) is 19.5 Å². The van der Waals surface area contributed by atoms with Gasteiger partial charge in [0.15, 0.2) is 17.3 Å². The minimum absolute atomic E-state index is 0.0849. The van der Waals surface area contributed by atoms with E-state index in [2.05, 4.69) is 0 Å². The Balaban J connectivity index is 2.99. The highest BCUT2D eigenvalue weighted by molar-refractivity contribution is 6.30. The number of rotatable bonds is 6. The lowest BCUT2D eigenvalue weighted by Gasteiger charge is -2.13. The summed E-state index contributed by atoms with van der Waals surface area (Å²) in [7, 11) is 1.58. The fourth-order valence-electron chi connectivity index (χ4n) is 1.41. The Hall–Kier alpha value is -1.22. The summed E-state index contributed by atoms with van der Waals surface area (Å²) in [5, 5.41) is -0.634. The number of hydrogen-bond donors (Lipinski definition) is 0. The molecule has 17 heavy (non-hydrogen) atoms. The Morgan fingerprint density at radius 3 is 2.65 bits per heavy atom. The van der Waals surface area contributed by atoms with Gasteiger partial charge in [0.25, 0.3) is 0 Å². The fraction of sp³-hybridized carbons (Fsp3) is 0.462. The van der Waals surface area contributed by atoms with Crippen LogP contribution in [0, 0.1) is 0 Å². The number of Topliss-reactive ketones (excluding diaryl/α,β-unsaturated/α-hetero) is 1. The molecule has 1 aromatic rings. The van der Waals surface area contributed by atoms with Crippen LogP contribution in [0.25, 0.3) is 0 Å². The molecule has 1 rings (SSSR count). The number of hydrogen-bond acceptors (Lipinski definition) is 3. The van der Waals surface area contributed by atoms with Crippen molar-refractivity contribution in [3.8, 4) is 11.5 Å².